The molecular weight excluding hydrogens is 452 g/mol. The molecule has 1 aromatic carbocycles. The summed E-state index contributed by atoms with van der Waals surface area (Å²) in [5.74, 6) is 0.274. The van der Waals surface area contributed by atoms with Crippen LogP contribution in [-0.2, 0) is 11.3 Å². The van der Waals surface area contributed by atoms with Crippen LogP contribution in [-0.4, -0.2) is 30.6 Å². The maximum atomic E-state index is 13.5. The van der Waals surface area contributed by atoms with Gasteiger partial charge in [0.1, 0.15) is 15.8 Å². The van der Waals surface area contributed by atoms with Gasteiger partial charge in [0.2, 0.25) is 0 Å². The van der Waals surface area contributed by atoms with E-state index < -0.39 is 0 Å². The van der Waals surface area contributed by atoms with Gasteiger partial charge in [-0.05, 0) is 50.5 Å². The predicted octanol–water partition coefficient (Wildman–Crippen LogP) is 4.92. The molecule has 0 bridgehead atoms. The third-order valence-corrected chi connectivity index (χ3v) is 7.05. The lowest BCUT2D eigenvalue weighted by Gasteiger charge is -2.21. The van der Waals surface area contributed by atoms with E-state index in [1.54, 1.807) is 17.2 Å². The number of anilines is 1. The number of thiocarbonyl (C=S) groups is 1. The quantitative estimate of drug-likeness (QED) is 0.401. The fraction of sp³-hybridized carbons (Fsp3) is 0.280. The van der Waals surface area contributed by atoms with Gasteiger partial charge in [0, 0.05) is 18.8 Å². The first-order valence-electron chi connectivity index (χ1n) is 10.9. The Balaban J connectivity index is 1.79. The number of rotatable bonds is 6. The van der Waals surface area contributed by atoms with Crippen LogP contribution in [0.15, 0.2) is 52.3 Å². The average Bonchev–Trinajstić information content (AvgIpc) is 3.08. The van der Waals surface area contributed by atoms with Crippen LogP contribution in [0.2, 0.25) is 0 Å². The molecule has 3 aromatic rings. The van der Waals surface area contributed by atoms with Crippen molar-refractivity contribution < 1.29 is 4.79 Å². The van der Waals surface area contributed by atoms with Crippen molar-refractivity contribution in [3.8, 4) is 0 Å². The van der Waals surface area contributed by atoms with Crippen molar-refractivity contribution in [3.05, 3.63) is 80.1 Å². The van der Waals surface area contributed by atoms with Gasteiger partial charge in [-0.1, -0.05) is 66.8 Å². The van der Waals surface area contributed by atoms with Crippen molar-refractivity contribution in [2.24, 2.45) is 0 Å². The summed E-state index contributed by atoms with van der Waals surface area (Å²) < 4.78 is 2.03. The molecule has 0 aliphatic carbocycles. The van der Waals surface area contributed by atoms with Crippen LogP contribution in [0, 0.1) is 13.8 Å². The highest BCUT2D eigenvalue weighted by atomic mass is 32.2. The fourth-order valence-electron chi connectivity index (χ4n) is 3.59. The molecule has 1 amide bonds. The minimum absolute atomic E-state index is 0.000933. The molecule has 1 atom stereocenters. The largest absolute Gasteiger partial charge is 0.365 e. The van der Waals surface area contributed by atoms with Crippen LogP contribution in [0.1, 0.15) is 42.5 Å². The molecule has 0 spiro atoms. The molecule has 1 fully saturated rings. The molecular formula is C25H26N4O2S2. The number of thioether (sulfide) groups is 1. The van der Waals surface area contributed by atoms with E-state index in [9.17, 15) is 9.59 Å². The van der Waals surface area contributed by atoms with Gasteiger partial charge < -0.3 is 5.32 Å². The Labute approximate surface area is 202 Å². The summed E-state index contributed by atoms with van der Waals surface area (Å²) in [6, 6.07) is 11.9. The summed E-state index contributed by atoms with van der Waals surface area (Å²) >= 11 is 6.68. The zero-order valence-corrected chi connectivity index (χ0v) is 20.7. The first-order valence-corrected chi connectivity index (χ1v) is 12.1. The Hall–Kier alpha value is -2.97. The first-order chi connectivity index (χ1) is 15.8. The van der Waals surface area contributed by atoms with E-state index >= 15 is 0 Å². The molecule has 4 rings (SSSR count). The Morgan fingerprint density at radius 2 is 1.82 bits per heavy atom. The third kappa shape index (κ3) is 4.72. The zero-order chi connectivity index (χ0) is 23.7. The van der Waals surface area contributed by atoms with Crippen molar-refractivity contribution in [1.82, 2.24) is 14.3 Å². The summed E-state index contributed by atoms with van der Waals surface area (Å²) in [6.45, 7) is 8.45. The van der Waals surface area contributed by atoms with Gasteiger partial charge >= 0.3 is 0 Å². The molecule has 0 saturated carbocycles. The Kier molecular flexibility index (Phi) is 6.67. The van der Waals surface area contributed by atoms with E-state index in [0.717, 1.165) is 17.5 Å². The number of nitrogens with one attached hydrogen (secondary N) is 1. The number of hydrogen-bond acceptors (Lipinski definition) is 6. The molecule has 1 aliphatic rings. The molecule has 170 valence electrons. The molecule has 3 heterocycles. The maximum Gasteiger partial charge on any atom is 0.267 e. The van der Waals surface area contributed by atoms with E-state index in [1.165, 1.54) is 21.7 Å². The lowest BCUT2D eigenvalue weighted by molar-refractivity contribution is -0.123. The van der Waals surface area contributed by atoms with Crippen LogP contribution < -0.4 is 10.9 Å². The molecule has 8 heteroatoms. The molecule has 1 aliphatic heterocycles. The minimum Gasteiger partial charge on any atom is -0.365 e. The summed E-state index contributed by atoms with van der Waals surface area (Å²) in [6.07, 6.45) is 4.18. The van der Waals surface area contributed by atoms with Crippen molar-refractivity contribution in [2.45, 2.75) is 46.7 Å². The summed E-state index contributed by atoms with van der Waals surface area (Å²) in [7, 11) is 0. The molecule has 1 N–H and O–H groups in total. The number of fused-ring (bicyclic) bond motifs is 1. The molecule has 6 nitrogen and oxygen atoms in total. The second-order valence-corrected chi connectivity index (χ2v) is 9.94. The van der Waals surface area contributed by atoms with Crippen molar-refractivity contribution in [2.75, 3.05) is 5.32 Å². The SMILES string of the molecule is CCC(C)N1C(=O)C(=Cc2c(NCc3ccc(C)cc3)nc3ccc(C)cn3c2=O)SC1=S. The maximum absolute atomic E-state index is 13.5. The number of hydrogen-bond donors (Lipinski definition) is 1. The number of carbonyl (C=O) groups is 1. The number of aromatic nitrogens is 2. The van der Waals surface area contributed by atoms with Gasteiger partial charge in [-0.15, -0.1) is 0 Å². The van der Waals surface area contributed by atoms with Crippen LogP contribution in [0.5, 0.6) is 0 Å². The molecule has 2 aromatic heterocycles. The molecule has 33 heavy (non-hydrogen) atoms. The van der Waals surface area contributed by atoms with Gasteiger partial charge in [-0.2, -0.15) is 0 Å². The van der Waals surface area contributed by atoms with Crippen LogP contribution in [0.3, 0.4) is 0 Å². The van der Waals surface area contributed by atoms with Crippen molar-refractivity contribution in [3.63, 3.8) is 0 Å². The number of amides is 1. The van der Waals surface area contributed by atoms with E-state index in [2.05, 4.69) is 5.32 Å². The van der Waals surface area contributed by atoms with Gasteiger partial charge in [-0.25, -0.2) is 4.98 Å². The summed E-state index contributed by atoms with van der Waals surface area (Å²) in [4.78, 5) is 33.3. The zero-order valence-electron chi connectivity index (χ0n) is 19.1. The lowest BCUT2D eigenvalue weighted by atomic mass is 10.1. The highest BCUT2D eigenvalue weighted by Crippen LogP contribution is 2.34. The van der Waals surface area contributed by atoms with Gasteiger partial charge in [0.05, 0.1) is 10.5 Å². The van der Waals surface area contributed by atoms with Crippen molar-refractivity contribution in [1.29, 1.82) is 0 Å². The summed E-state index contributed by atoms with van der Waals surface area (Å²) in [5, 5.41) is 3.31. The van der Waals surface area contributed by atoms with Crippen LogP contribution >= 0.6 is 24.0 Å². The number of carbonyl (C=O) groups excluding carboxylic acids is 1. The summed E-state index contributed by atoms with van der Waals surface area (Å²) in [5.41, 5.74) is 3.85. The van der Waals surface area contributed by atoms with Crippen molar-refractivity contribution >= 4 is 51.7 Å². The second kappa shape index (κ2) is 9.49. The smallest absolute Gasteiger partial charge is 0.267 e. The van der Waals surface area contributed by atoms with E-state index in [4.69, 9.17) is 17.2 Å². The topological polar surface area (TPSA) is 66.7 Å². The lowest BCUT2D eigenvalue weighted by Crippen LogP contribution is -2.36. The van der Waals surface area contributed by atoms with Crippen LogP contribution in [0.4, 0.5) is 5.82 Å². The first kappa shape index (κ1) is 23.2. The van der Waals surface area contributed by atoms with Gasteiger partial charge in [-0.3, -0.25) is 18.9 Å². The average molecular weight is 479 g/mol. The van der Waals surface area contributed by atoms with Crippen LogP contribution in [0.25, 0.3) is 11.7 Å². The fourth-order valence-corrected chi connectivity index (χ4v) is 5.03. The predicted molar refractivity (Wildman–Crippen MR) is 139 cm³/mol. The Morgan fingerprint density at radius 1 is 1.12 bits per heavy atom. The number of benzene rings is 1. The standard InChI is InChI=1S/C25H26N4O2S2/c1-5-17(4)29-24(31)20(33-25(29)32)12-19-22(26-13-18-9-6-15(2)7-10-18)27-21-11-8-16(3)14-28(21)23(19)30/h6-12,14,17,26H,5,13H2,1-4H3. The third-order valence-electron chi connectivity index (χ3n) is 5.72. The molecule has 1 unspecified atom stereocenters. The highest BCUT2D eigenvalue weighted by molar-refractivity contribution is 8.26. The van der Waals surface area contributed by atoms with E-state index in [1.807, 2.05) is 64.1 Å². The Bertz CT molecular complexity index is 1330. The molecule has 0 radical (unpaired) electrons. The highest BCUT2D eigenvalue weighted by Gasteiger charge is 2.35. The van der Waals surface area contributed by atoms with E-state index in [-0.39, 0.29) is 17.5 Å². The molecule has 1 saturated heterocycles. The monoisotopic (exact) mass is 478 g/mol. The normalized spacial score (nSPS) is 16.1. The van der Waals surface area contributed by atoms with E-state index in [0.29, 0.717) is 32.8 Å². The Morgan fingerprint density at radius 3 is 2.52 bits per heavy atom. The number of pyridine rings is 1. The van der Waals surface area contributed by atoms with Gasteiger partial charge in [0.25, 0.3) is 11.5 Å². The second-order valence-electron chi connectivity index (χ2n) is 8.26. The minimum atomic E-state index is -0.232. The van der Waals surface area contributed by atoms with Gasteiger partial charge in [0.15, 0.2) is 0 Å². The number of aryl methyl sites for hydroxylation is 2. The number of nitrogens with zero attached hydrogens (tertiary/aromatic N) is 3.